The molecule has 3 fully saturated rings. The first-order valence-electron chi connectivity index (χ1n) is 15.0. The minimum absolute atomic E-state index is 0.0265. The first kappa shape index (κ1) is 29.8. The lowest BCUT2D eigenvalue weighted by atomic mass is 10.0. The first-order valence-corrected chi connectivity index (χ1v) is 15.4. The highest BCUT2D eigenvalue weighted by molar-refractivity contribution is 6.31. The Morgan fingerprint density at radius 2 is 1.81 bits per heavy atom. The second-order valence-electron chi connectivity index (χ2n) is 11.3. The van der Waals surface area contributed by atoms with Gasteiger partial charge < -0.3 is 24.3 Å². The third kappa shape index (κ3) is 7.64. The number of carbonyl (C=O) groups is 1. The van der Waals surface area contributed by atoms with E-state index < -0.39 is 5.82 Å². The molecular formula is C31H37ClFN5O5. The maximum absolute atomic E-state index is 13.7. The monoisotopic (exact) mass is 613 g/mol. The summed E-state index contributed by atoms with van der Waals surface area (Å²) in [5.41, 5.74) is 1.31. The van der Waals surface area contributed by atoms with Crippen molar-refractivity contribution < 1.29 is 28.1 Å². The van der Waals surface area contributed by atoms with Crippen molar-refractivity contribution in [2.45, 2.75) is 31.7 Å². The highest BCUT2D eigenvalue weighted by Gasteiger charge is 2.28. The number of morpholine rings is 1. The predicted molar refractivity (Wildman–Crippen MR) is 161 cm³/mol. The number of nitrogens with zero attached hydrogens (tertiary/aromatic N) is 4. The lowest BCUT2D eigenvalue weighted by Gasteiger charge is -2.39. The summed E-state index contributed by atoms with van der Waals surface area (Å²) in [4.78, 5) is 25.3. The number of likely N-dealkylation sites (tertiary alicyclic amines) is 1. The number of rotatable bonds is 10. The van der Waals surface area contributed by atoms with E-state index >= 15 is 0 Å². The molecule has 2 aromatic carbocycles. The van der Waals surface area contributed by atoms with Gasteiger partial charge in [-0.25, -0.2) is 14.4 Å². The molecular weight excluding hydrogens is 577 g/mol. The summed E-state index contributed by atoms with van der Waals surface area (Å²) in [7, 11) is 0. The number of piperidine rings is 1. The summed E-state index contributed by atoms with van der Waals surface area (Å²) < 4.78 is 37.0. The molecule has 12 heteroatoms. The fraction of sp³-hybridized carbons (Fsp3) is 0.516. The number of nitrogens with one attached hydrogen (secondary N) is 1. The van der Waals surface area contributed by atoms with Crippen molar-refractivity contribution >= 4 is 40.0 Å². The number of aromatic nitrogens is 2. The van der Waals surface area contributed by atoms with Crippen molar-refractivity contribution in [2.75, 3.05) is 71.1 Å². The minimum Gasteiger partial charge on any atom is -0.489 e. The SMILES string of the molecule is O=C1CN(C2CCN(CCOc3cc4c(Nc5ccc(F)c(Cl)c5)ncnc4cc3OCC3CCOCC3)CC2)CCO1. The van der Waals surface area contributed by atoms with E-state index in [0.29, 0.717) is 66.8 Å². The van der Waals surface area contributed by atoms with Crippen molar-refractivity contribution in [1.82, 2.24) is 19.8 Å². The van der Waals surface area contributed by atoms with Crippen molar-refractivity contribution in [2.24, 2.45) is 5.92 Å². The molecule has 0 unspecified atom stereocenters. The van der Waals surface area contributed by atoms with Crippen LogP contribution in [0.3, 0.4) is 0 Å². The van der Waals surface area contributed by atoms with Crippen LogP contribution in [-0.4, -0.2) is 97.5 Å². The Kier molecular flexibility index (Phi) is 9.72. The summed E-state index contributed by atoms with van der Waals surface area (Å²) in [5.74, 6) is 1.63. The number of carbonyl (C=O) groups excluding carboxylic acids is 1. The molecule has 0 spiro atoms. The van der Waals surface area contributed by atoms with Crippen molar-refractivity contribution in [1.29, 1.82) is 0 Å². The molecule has 0 bridgehead atoms. The predicted octanol–water partition coefficient (Wildman–Crippen LogP) is 4.67. The van der Waals surface area contributed by atoms with Crippen LogP contribution in [0.4, 0.5) is 15.9 Å². The number of anilines is 2. The Morgan fingerprint density at radius 3 is 2.60 bits per heavy atom. The fourth-order valence-electron chi connectivity index (χ4n) is 5.89. The molecule has 3 aliphatic rings. The molecule has 0 aliphatic carbocycles. The maximum Gasteiger partial charge on any atom is 0.320 e. The Bertz CT molecular complexity index is 1420. The molecule has 43 heavy (non-hydrogen) atoms. The largest absolute Gasteiger partial charge is 0.489 e. The molecule has 3 saturated heterocycles. The van der Waals surface area contributed by atoms with E-state index in [9.17, 15) is 9.18 Å². The van der Waals surface area contributed by atoms with Gasteiger partial charge in [0, 0.05) is 49.5 Å². The Labute approximate surface area is 255 Å². The highest BCUT2D eigenvalue weighted by Crippen LogP contribution is 2.36. The van der Waals surface area contributed by atoms with Crippen molar-refractivity contribution in [3.63, 3.8) is 0 Å². The number of hydrogen-bond acceptors (Lipinski definition) is 10. The van der Waals surface area contributed by atoms with Crippen LogP contribution in [0.25, 0.3) is 10.9 Å². The van der Waals surface area contributed by atoms with Crippen molar-refractivity contribution in [3.05, 3.63) is 47.5 Å². The maximum atomic E-state index is 13.7. The molecule has 0 saturated carbocycles. The van der Waals surface area contributed by atoms with Gasteiger partial charge in [-0.15, -0.1) is 0 Å². The van der Waals surface area contributed by atoms with E-state index in [1.165, 1.54) is 18.5 Å². The van der Waals surface area contributed by atoms with Gasteiger partial charge >= 0.3 is 5.97 Å². The third-order valence-corrected chi connectivity index (χ3v) is 8.70. The average Bonchev–Trinajstić information content (AvgIpc) is 3.03. The molecule has 10 nitrogen and oxygen atoms in total. The van der Waals surface area contributed by atoms with Crippen LogP contribution in [-0.2, 0) is 14.3 Å². The Morgan fingerprint density at radius 1 is 1.00 bits per heavy atom. The summed E-state index contributed by atoms with van der Waals surface area (Å²) in [6.45, 7) is 6.94. The topological polar surface area (TPSA) is 98.3 Å². The van der Waals surface area contributed by atoms with E-state index in [4.69, 9.17) is 30.5 Å². The van der Waals surface area contributed by atoms with Crippen LogP contribution in [0.1, 0.15) is 25.7 Å². The molecule has 1 aromatic heterocycles. The average molecular weight is 614 g/mol. The van der Waals surface area contributed by atoms with Gasteiger partial charge in [0.2, 0.25) is 0 Å². The normalized spacial score (nSPS) is 19.3. The van der Waals surface area contributed by atoms with Gasteiger partial charge in [-0.3, -0.25) is 14.6 Å². The lowest BCUT2D eigenvalue weighted by molar-refractivity contribution is -0.152. The van der Waals surface area contributed by atoms with Gasteiger partial charge in [0.1, 0.15) is 31.2 Å². The number of esters is 1. The number of cyclic esters (lactones) is 1. The van der Waals surface area contributed by atoms with Gasteiger partial charge in [0.25, 0.3) is 0 Å². The van der Waals surface area contributed by atoms with Gasteiger partial charge in [-0.05, 0) is 69.0 Å². The standard InChI is InChI=1S/C31H37ClFN5O5/c32-25-15-22(1-2-26(25)33)36-31-24-16-28(29(17-27(24)34-20-35-31)43-19-21-5-11-40-12-6-21)41-13-9-37-7-3-23(4-8-37)38-10-14-42-30(39)18-38/h1-2,15-17,20-21,23H,3-14,18-19H2,(H,34,35,36). The summed E-state index contributed by atoms with van der Waals surface area (Å²) >= 11 is 6.00. The molecule has 1 N–H and O–H groups in total. The van der Waals surface area contributed by atoms with Crippen LogP contribution in [0, 0.1) is 11.7 Å². The van der Waals surface area contributed by atoms with E-state index in [-0.39, 0.29) is 11.0 Å². The number of ether oxygens (including phenoxy) is 4. The molecule has 0 radical (unpaired) electrons. The zero-order chi connectivity index (χ0) is 29.6. The zero-order valence-electron chi connectivity index (χ0n) is 24.1. The molecule has 230 valence electrons. The quantitative estimate of drug-likeness (QED) is 0.325. The fourth-order valence-corrected chi connectivity index (χ4v) is 6.07. The summed E-state index contributed by atoms with van der Waals surface area (Å²) in [6, 6.07) is 8.66. The van der Waals surface area contributed by atoms with Crippen LogP contribution in [0.2, 0.25) is 5.02 Å². The highest BCUT2D eigenvalue weighted by atomic mass is 35.5. The third-order valence-electron chi connectivity index (χ3n) is 8.41. The van der Waals surface area contributed by atoms with E-state index in [1.54, 1.807) is 6.07 Å². The van der Waals surface area contributed by atoms with Gasteiger partial charge in [0.05, 0.1) is 23.7 Å². The molecule has 0 atom stereocenters. The molecule has 4 heterocycles. The molecule has 3 aromatic rings. The minimum atomic E-state index is -0.484. The summed E-state index contributed by atoms with van der Waals surface area (Å²) in [5, 5.41) is 4.01. The van der Waals surface area contributed by atoms with Gasteiger partial charge in [-0.1, -0.05) is 11.6 Å². The summed E-state index contributed by atoms with van der Waals surface area (Å²) in [6.07, 6.45) is 5.45. The molecule has 3 aliphatic heterocycles. The zero-order valence-corrected chi connectivity index (χ0v) is 24.9. The lowest BCUT2D eigenvalue weighted by Crippen LogP contribution is -2.50. The number of hydrogen-bond donors (Lipinski definition) is 1. The first-order chi connectivity index (χ1) is 21.0. The van der Waals surface area contributed by atoms with E-state index in [1.807, 2.05) is 12.1 Å². The second kappa shape index (κ2) is 14.0. The van der Waals surface area contributed by atoms with Crippen molar-refractivity contribution in [3.8, 4) is 11.5 Å². The Hall–Kier alpha value is -3.25. The number of halogens is 2. The molecule has 0 amide bonds. The molecule has 6 rings (SSSR count). The Balaban J connectivity index is 1.14. The second-order valence-corrected chi connectivity index (χ2v) is 11.7. The van der Waals surface area contributed by atoms with Crippen LogP contribution in [0.15, 0.2) is 36.7 Å². The van der Waals surface area contributed by atoms with Gasteiger partial charge in [-0.2, -0.15) is 0 Å². The van der Waals surface area contributed by atoms with E-state index in [0.717, 1.165) is 70.5 Å². The number of benzene rings is 2. The van der Waals surface area contributed by atoms with E-state index in [2.05, 4.69) is 25.1 Å². The number of fused-ring (bicyclic) bond motifs is 1. The van der Waals surface area contributed by atoms with Crippen LogP contribution < -0.4 is 14.8 Å². The van der Waals surface area contributed by atoms with Gasteiger partial charge in [0.15, 0.2) is 11.5 Å². The van der Waals surface area contributed by atoms with Crippen LogP contribution in [0.5, 0.6) is 11.5 Å². The van der Waals surface area contributed by atoms with Crippen LogP contribution >= 0.6 is 11.6 Å². The smallest absolute Gasteiger partial charge is 0.320 e.